The Bertz CT molecular complexity index is 287. The average Bonchev–Trinajstić information content (AvgIpc) is 2.31. The molecular formula is C9H13NO2S. The lowest BCUT2D eigenvalue weighted by atomic mass is 10.3. The minimum Gasteiger partial charge on any atom is -0.375 e. The van der Waals surface area contributed by atoms with Crippen molar-refractivity contribution in [3.05, 3.63) is 16.5 Å². The summed E-state index contributed by atoms with van der Waals surface area (Å²) in [7, 11) is 1.50. The first-order valence-electron chi connectivity index (χ1n) is 3.99. The van der Waals surface area contributed by atoms with E-state index in [0.29, 0.717) is 0 Å². The van der Waals surface area contributed by atoms with Gasteiger partial charge >= 0.3 is 0 Å². The van der Waals surface area contributed by atoms with Crippen LogP contribution in [0.5, 0.6) is 0 Å². The van der Waals surface area contributed by atoms with Crippen molar-refractivity contribution in [1.29, 1.82) is 0 Å². The van der Waals surface area contributed by atoms with Gasteiger partial charge in [-0.05, 0) is 25.5 Å². The first kappa shape index (κ1) is 10.2. The number of amides is 1. The zero-order valence-corrected chi connectivity index (χ0v) is 8.83. The molecule has 0 saturated carbocycles. The second-order valence-electron chi connectivity index (χ2n) is 2.83. The Hall–Kier alpha value is -0.870. The summed E-state index contributed by atoms with van der Waals surface area (Å²) in [6, 6.07) is 1.97. The van der Waals surface area contributed by atoms with Crippen LogP contribution in [-0.2, 0) is 9.53 Å². The fourth-order valence-electron chi connectivity index (χ4n) is 0.939. The molecule has 1 heterocycles. The zero-order valence-electron chi connectivity index (χ0n) is 8.01. The van der Waals surface area contributed by atoms with Crippen LogP contribution in [0.25, 0.3) is 0 Å². The van der Waals surface area contributed by atoms with Crippen LogP contribution in [0.1, 0.15) is 10.4 Å². The highest BCUT2D eigenvalue weighted by molar-refractivity contribution is 7.16. The molecule has 0 atom stereocenters. The van der Waals surface area contributed by atoms with Gasteiger partial charge in [-0.25, -0.2) is 0 Å². The molecule has 0 radical (unpaired) electrons. The number of anilines is 1. The van der Waals surface area contributed by atoms with Gasteiger partial charge in [0.05, 0.1) is 5.00 Å². The fraction of sp³-hybridized carbons (Fsp3) is 0.444. The molecular weight excluding hydrogens is 186 g/mol. The molecule has 4 heteroatoms. The van der Waals surface area contributed by atoms with Crippen molar-refractivity contribution < 1.29 is 9.53 Å². The molecule has 13 heavy (non-hydrogen) atoms. The van der Waals surface area contributed by atoms with Crippen molar-refractivity contribution in [2.75, 3.05) is 19.0 Å². The van der Waals surface area contributed by atoms with Crippen LogP contribution in [0, 0.1) is 13.8 Å². The predicted octanol–water partition coefficient (Wildman–Crippen LogP) is 1.95. The second kappa shape index (κ2) is 4.39. The van der Waals surface area contributed by atoms with E-state index in [2.05, 4.69) is 5.32 Å². The topological polar surface area (TPSA) is 38.3 Å². The molecule has 0 aliphatic heterocycles. The maximum atomic E-state index is 11.1. The number of carbonyl (C=O) groups excluding carboxylic acids is 1. The van der Waals surface area contributed by atoms with Gasteiger partial charge in [-0.2, -0.15) is 0 Å². The van der Waals surface area contributed by atoms with E-state index in [0.717, 1.165) is 5.00 Å². The van der Waals surface area contributed by atoms with Gasteiger partial charge in [0, 0.05) is 12.0 Å². The maximum absolute atomic E-state index is 11.1. The highest BCUT2D eigenvalue weighted by Crippen LogP contribution is 2.25. The van der Waals surface area contributed by atoms with Crippen molar-refractivity contribution in [3.8, 4) is 0 Å². The highest BCUT2D eigenvalue weighted by Gasteiger charge is 2.04. The lowest BCUT2D eigenvalue weighted by Gasteiger charge is -1.99. The highest BCUT2D eigenvalue weighted by atomic mass is 32.1. The van der Waals surface area contributed by atoms with E-state index in [1.807, 2.05) is 19.9 Å². The number of hydrogen-bond donors (Lipinski definition) is 1. The smallest absolute Gasteiger partial charge is 0.250 e. The standard InChI is InChI=1S/C9H13NO2S/c1-6-4-9(13-7(6)2)10-8(11)5-12-3/h4H,5H2,1-3H3,(H,10,11). The zero-order chi connectivity index (χ0) is 9.84. The molecule has 3 nitrogen and oxygen atoms in total. The molecule has 0 aliphatic carbocycles. The Morgan fingerprint density at radius 3 is 2.77 bits per heavy atom. The van der Waals surface area contributed by atoms with Gasteiger partial charge in [-0.3, -0.25) is 4.79 Å². The van der Waals surface area contributed by atoms with E-state index in [1.54, 1.807) is 11.3 Å². The van der Waals surface area contributed by atoms with Crippen molar-refractivity contribution in [2.45, 2.75) is 13.8 Å². The quantitative estimate of drug-likeness (QED) is 0.808. The SMILES string of the molecule is COCC(=O)Nc1cc(C)c(C)s1. The van der Waals surface area contributed by atoms with E-state index >= 15 is 0 Å². The van der Waals surface area contributed by atoms with E-state index < -0.39 is 0 Å². The van der Waals surface area contributed by atoms with E-state index in [1.165, 1.54) is 17.6 Å². The molecule has 0 aliphatic rings. The lowest BCUT2D eigenvalue weighted by molar-refractivity contribution is -0.119. The van der Waals surface area contributed by atoms with Crippen molar-refractivity contribution in [1.82, 2.24) is 0 Å². The molecule has 0 fully saturated rings. The molecule has 0 saturated heterocycles. The minimum atomic E-state index is -0.108. The van der Waals surface area contributed by atoms with Crippen LogP contribution < -0.4 is 5.32 Å². The molecule has 0 unspecified atom stereocenters. The summed E-state index contributed by atoms with van der Waals surface area (Å²) in [5, 5.41) is 3.65. The first-order valence-corrected chi connectivity index (χ1v) is 4.81. The van der Waals surface area contributed by atoms with Crippen molar-refractivity contribution in [3.63, 3.8) is 0 Å². The van der Waals surface area contributed by atoms with Crippen molar-refractivity contribution in [2.24, 2.45) is 0 Å². The first-order chi connectivity index (χ1) is 6.13. The van der Waals surface area contributed by atoms with Crippen LogP contribution in [0.2, 0.25) is 0 Å². The summed E-state index contributed by atoms with van der Waals surface area (Å²) < 4.78 is 4.71. The maximum Gasteiger partial charge on any atom is 0.250 e. The van der Waals surface area contributed by atoms with Gasteiger partial charge in [-0.1, -0.05) is 0 Å². The Morgan fingerprint density at radius 1 is 1.62 bits per heavy atom. The molecule has 0 spiro atoms. The van der Waals surface area contributed by atoms with Gasteiger partial charge in [0.15, 0.2) is 0 Å². The monoisotopic (exact) mass is 199 g/mol. The largest absolute Gasteiger partial charge is 0.375 e. The number of thiophene rings is 1. The van der Waals surface area contributed by atoms with Gasteiger partial charge in [0.1, 0.15) is 6.61 Å². The van der Waals surface area contributed by atoms with Gasteiger partial charge < -0.3 is 10.1 Å². The summed E-state index contributed by atoms with van der Waals surface area (Å²) in [5.41, 5.74) is 1.21. The number of aryl methyl sites for hydroxylation is 2. The van der Waals surface area contributed by atoms with Crippen LogP contribution in [0.15, 0.2) is 6.07 Å². The molecule has 1 aromatic heterocycles. The van der Waals surface area contributed by atoms with Crippen LogP contribution in [0.3, 0.4) is 0 Å². The predicted molar refractivity (Wildman–Crippen MR) is 54.3 cm³/mol. The molecule has 1 N–H and O–H groups in total. The summed E-state index contributed by atoms with van der Waals surface area (Å²) in [5.74, 6) is -0.108. The summed E-state index contributed by atoms with van der Waals surface area (Å²) in [6.07, 6.45) is 0. The Labute approximate surface area is 81.7 Å². The van der Waals surface area contributed by atoms with Gasteiger partial charge in [-0.15, -0.1) is 11.3 Å². The summed E-state index contributed by atoms with van der Waals surface area (Å²) in [4.78, 5) is 12.3. The Balaban J connectivity index is 2.59. The molecule has 72 valence electrons. The fourth-order valence-corrected chi connectivity index (χ4v) is 1.89. The van der Waals surface area contributed by atoms with E-state index in [9.17, 15) is 4.79 Å². The Morgan fingerprint density at radius 2 is 2.31 bits per heavy atom. The number of hydrogen-bond acceptors (Lipinski definition) is 3. The molecule has 1 aromatic rings. The number of rotatable bonds is 3. The summed E-state index contributed by atoms with van der Waals surface area (Å²) in [6.45, 7) is 4.17. The number of ether oxygens (including phenoxy) is 1. The van der Waals surface area contributed by atoms with Crippen LogP contribution in [0.4, 0.5) is 5.00 Å². The van der Waals surface area contributed by atoms with Gasteiger partial charge in [0.2, 0.25) is 0 Å². The van der Waals surface area contributed by atoms with Gasteiger partial charge in [0.25, 0.3) is 5.91 Å². The Kier molecular flexibility index (Phi) is 3.45. The third-order valence-corrected chi connectivity index (χ3v) is 2.77. The number of nitrogens with one attached hydrogen (secondary N) is 1. The normalized spacial score (nSPS) is 10.1. The summed E-state index contributed by atoms with van der Waals surface area (Å²) >= 11 is 1.58. The average molecular weight is 199 g/mol. The molecule has 1 amide bonds. The van der Waals surface area contributed by atoms with E-state index in [4.69, 9.17) is 4.74 Å². The number of methoxy groups -OCH3 is 1. The van der Waals surface area contributed by atoms with E-state index in [-0.39, 0.29) is 12.5 Å². The number of carbonyl (C=O) groups is 1. The molecule has 0 bridgehead atoms. The third kappa shape index (κ3) is 2.82. The minimum absolute atomic E-state index is 0.107. The molecule has 0 aromatic carbocycles. The third-order valence-electron chi connectivity index (χ3n) is 1.70. The van der Waals surface area contributed by atoms with Crippen molar-refractivity contribution >= 4 is 22.2 Å². The van der Waals surface area contributed by atoms with Crippen LogP contribution in [-0.4, -0.2) is 19.6 Å². The second-order valence-corrected chi connectivity index (χ2v) is 4.09. The lowest BCUT2D eigenvalue weighted by Crippen LogP contribution is -2.16. The van der Waals surface area contributed by atoms with Crippen LogP contribution >= 0.6 is 11.3 Å². The molecule has 1 rings (SSSR count).